The van der Waals surface area contributed by atoms with Crippen molar-refractivity contribution in [2.24, 2.45) is 0 Å². The van der Waals surface area contributed by atoms with E-state index in [0.29, 0.717) is 5.82 Å². The lowest BCUT2D eigenvalue weighted by Crippen LogP contribution is -2.41. The molecule has 1 fully saturated rings. The van der Waals surface area contributed by atoms with Gasteiger partial charge in [0.1, 0.15) is 0 Å². The van der Waals surface area contributed by atoms with Gasteiger partial charge in [-0.25, -0.2) is 9.97 Å². The lowest BCUT2D eigenvalue weighted by atomic mass is 9.79. The standard InChI is InChI=1S/C27H26BN3O2/c1-26(2)27(3,4)33-28(32-26)21-15-13-20(14-16-21)25-30-23(19-10-6-5-7-11-19)18-24(31-25)22-12-8-9-17-29-22/h5-18H,1-4H3. The zero-order chi connectivity index (χ0) is 23.1. The van der Waals surface area contributed by atoms with E-state index in [1.54, 1.807) is 6.20 Å². The van der Waals surface area contributed by atoms with E-state index in [2.05, 4.69) is 44.8 Å². The van der Waals surface area contributed by atoms with E-state index in [-0.39, 0.29) is 11.2 Å². The number of aromatic nitrogens is 3. The summed E-state index contributed by atoms with van der Waals surface area (Å²) in [6, 6.07) is 26.0. The minimum absolute atomic E-state index is 0.374. The van der Waals surface area contributed by atoms with Crippen LogP contribution in [0.15, 0.2) is 85.1 Å². The van der Waals surface area contributed by atoms with Crippen LogP contribution in [-0.2, 0) is 9.31 Å². The Bertz CT molecular complexity index is 1190. The predicted octanol–water partition coefficient (Wildman–Crippen LogP) is 5.17. The van der Waals surface area contributed by atoms with Crippen molar-refractivity contribution in [2.75, 3.05) is 0 Å². The van der Waals surface area contributed by atoms with Crippen LogP contribution in [0.2, 0.25) is 0 Å². The summed E-state index contributed by atoms with van der Waals surface area (Å²) in [7, 11) is -0.398. The summed E-state index contributed by atoms with van der Waals surface area (Å²) < 4.78 is 12.4. The van der Waals surface area contributed by atoms with Crippen molar-refractivity contribution >= 4 is 12.6 Å². The molecule has 0 aliphatic carbocycles. The van der Waals surface area contributed by atoms with Crippen molar-refractivity contribution in [1.82, 2.24) is 15.0 Å². The predicted molar refractivity (Wildman–Crippen MR) is 132 cm³/mol. The molecule has 6 heteroatoms. The summed E-state index contributed by atoms with van der Waals surface area (Å²) in [5, 5.41) is 0. The molecule has 1 aliphatic rings. The Kier molecular flexibility index (Phi) is 5.35. The molecule has 2 aromatic carbocycles. The SMILES string of the molecule is CC1(C)OB(c2ccc(-c3nc(-c4ccccc4)cc(-c4ccccn4)n3)cc2)OC1(C)C. The molecule has 0 saturated carbocycles. The number of benzene rings is 2. The van der Waals surface area contributed by atoms with Crippen molar-refractivity contribution in [3.05, 3.63) is 85.1 Å². The van der Waals surface area contributed by atoms with Gasteiger partial charge in [0.25, 0.3) is 0 Å². The highest BCUT2D eigenvalue weighted by Gasteiger charge is 2.51. The molecule has 33 heavy (non-hydrogen) atoms. The Balaban J connectivity index is 1.52. The Morgan fingerprint density at radius 3 is 1.91 bits per heavy atom. The van der Waals surface area contributed by atoms with Crippen LogP contribution in [0.1, 0.15) is 27.7 Å². The second-order valence-electron chi connectivity index (χ2n) is 9.25. The molecule has 3 heterocycles. The van der Waals surface area contributed by atoms with Gasteiger partial charge >= 0.3 is 7.12 Å². The molecule has 2 aromatic heterocycles. The lowest BCUT2D eigenvalue weighted by Gasteiger charge is -2.32. The molecule has 5 rings (SSSR count). The fourth-order valence-corrected chi connectivity index (χ4v) is 3.75. The van der Waals surface area contributed by atoms with E-state index in [9.17, 15) is 0 Å². The third-order valence-corrected chi connectivity index (χ3v) is 6.42. The largest absolute Gasteiger partial charge is 0.494 e. The first kappa shape index (κ1) is 21.5. The fourth-order valence-electron chi connectivity index (χ4n) is 3.75. The van der Waals surface area contributed by atoms with Crippen LogP contribution in [0.4, 0.5) is 0 Å². The summed E-state index contributed by atoms with van der Waals surface area (Å²) in [5.41, 5.74) is 4.64. The molecule has 0 N–H and O–H groups in total. The molecular weight excluding hydrogens is 409 g/mol. The lowest BCUT2D eigenvalue weighted by molar-refractivity contribution is 0.00578. The maximum Gasteiger partial charge on any atom is 0.494 e. The molecule has 164 valence electrons. The highest BCUT2D eigenvalue weighted by molar-refractivity contribution is 6.62. The van der Waals surface area contributed by atoms with Crippen molar-refractivity contribution in [3.8, 4) is 34.0 Å². The average Bonchev–Trinajstić information content (AvgIpc) is 3.07. The first-order valence-corrected chi connectivity index (χ1v) is 11.1. The first-order valence-electron chi connectivity index (χ1n) is 11.1. The van der Waals surface area contributed by atoms with Crippen molar-refractivity contribution < 1.29 is 9.31 Å². The Labute approximate surface area is 195 Å². The molecule has 0 radical (unpaired) electrons. The molecule has 5 nitrogen and oxygen atoms in total. The summed E-state index contributed by atoms with van der Waals surface area (Å²) in [4.78, 5) is 14.2. The smallest absolute Gasteiger partial charge is 0.399 e. The molecular formula is C27H26BN3O2. The molecule has 1 aliphatic heterocycles. The van der Waals surface area contributed by atoms with Crippen LogP contribution in [0, 0.1) is 0 Å². The molecule has 0 unspecified atom stereocenters. The van der Waals surface area contributed by atoms with Gasteiger partial charge in [0.2, 0.25) is 0 Å². The van der Waals surface area contributed by atoms with Gasteiger partial charge in [0, 0.05) is 17.3 Å². The number of hydrogen-bond acceptors (Lipinski definition) is 5. The molecule has 0 atom stereocenters. The van der Waals surface area contributed by atoms with Crippen LogP contribution in [0.3, 0.4) is 0 Å². The van der Waals surface area contributed by atoms with E-state index >= 15 is 0 Å². The van der Waals surface area contributed by atoms with Crippen LogP contribution in [-0.4, -0.2) is 33.3 Å². The summed E-state index contributed by atoms with van der Waals surface area (Å²) in [6.07, 6.45) is 1.78. The Morgan fingerprint density at radius 2 is 1.27 bits per heavy atom. The summed E-state index contributed by atoms with van der Waals surface area (Å²) in [5.74, 6) is 0.650. The molecule has 0 spiro atoms. The topological polar surface area (TPSA) is 57.1 Å². The maximum absolute atomic E-state index is 6.19. The summed E-state index contributed by atoms with van der Waals surface area (Å²) >= 11 is 0. The molecule has 4 aromatic rings. The number of nitrogens with zero attached hydrogens (tertiary/aromatic N) is 3. The van der Waals surface area contributed by atoms with Crippen LogP contribution >= 0.6 is 0 Å². The molecule has 0 bridgehead atoms. The second kappa shape index (κ2) is 8.21. The second-order valence-corrected chi connectivity index (χ2v) is 9.25. The molecule has 0 amide bonds. The zero-order valence-electron chi connectivity index (χ0n) is 19.3. The van der Waals surface area contributed by atoms with E-state index in [4.69, 9.17) is 19.3 Å². The Hall–Kier alpha value is -3.35. The van der Waals surface area contributed by atoms with Crippen LogP contribution in [0.5, 0.6) is 0 Å². The minimum Gasteiger partial charge on any atom is -0.399 e. The molecule has 1 saturated heterocycles. The van der Waals surface area contributed by atoms with E-state index in [1.807, 2.05) is 66.7 Å². The van der Waals surface area contributed by atoms with Crippen LogP contribution in [0.25, 0.3) is 34.0 Å². The van der Waals surface area contributed by atoms with Crippen molar-refractivity contribution in [3.63, 3.8) is 0 Å². The zero-order valence-corrected chi connectivity index (χ0v) is 19.3. The quantitative estimate of drug-likeness (QED) is 0.414. The Morgan fingerprint density at radius 1 is 0.636 bits per heavy atom. The van der Waals surface area contributed by atoms with Crippen molar-refractivity contribution in [2.45, 2.75) is 38.9 Å². The van der Waals surface area contributed by atoms with Crippen molar-refractivity contribution in [1.29, 1.82) is 0 Å². The highest BCUT2D eigenvalue weighted by Crippen LogP contribution is 2.36. The first-order chi connectivity index (χ1) is 15.8. The van der Waals surface area contributed by atoms with E-state index in [0.717, 1.165) is 33.7 Å². The van der Waals surface area contributed by atoms with Gasteiger partial charge in [-0.15, -0.1) is 0 Å². The van der Waals surface area contributed by atoms with Gasteiger partial charge in [-0.05, 0) is 51.4 Å². The van der Waals surface area contributed by atoms with Crippen LogP contribution < -0.4 is 5.46 Å². The van der Waals surface area contributed by atoms with Gasteiger partial charge in [-0.2, -0.15) is 0 Å². The number of rotatable bonds is 4. The summed E-state index contributed by atoms with van der Waals surface area (Å²) in [6.45, 7) is 8.24. The fraction of sp³-hybridized carbons (Fsp3) is 0.222. The highest BCUT2D eigenvalue weighted by atomic mass is 16.7. The van der Waals surface area contributed by atoms with E-state index in [1.165, 1.54) is 0 Å². The van der Waals surface area contributed by atoms with Gasteiger partial charge < -0.3 is 9.31 Å². The van der Waals surface area contributed by atoms with Gasteiger partial charge in [-0.3, -0.25) is 4.98 Å². The van der Waals surface area contributed by atoms with E-state index < -0.39 is 7.12 Å². The number of hydrogen-bond donors (Lipinski definition) is 0. The number of pyridine rings is 1. The van der Waals surface area contributed by atoms with Gasteiger partial charge in [0.05, 0.1) is 28.3 Å². The normalized spacial score (nSPS) is 16.7. The minimum atomic E-state index is -0.398. The van der Waals surface area contributed by atoms with Gasteiger partial charge in [0.15, 0.2) is 5.82 Å². The third-order valence-electron chi connectivity index (χ3n) is 6.42. The third kappa shape index (κ3) is 4.20. The monoisotopic (exact) mass is 435 g/mol. The average molecular weight is 435 g/mol. The van der Waals surface area contributed by atoms with Gasteiger partial charge in [-0.1, -0.05) is 60.7 Å². The maximum atomic E-state index is 6.19.